The van der Waals surface area contributed by atoms with Crippen molar-refractivity contribution in [2.75, 3.05) is 6.61 Å². The van der Waals surface area contributed by atoms with Crippen LogP contribution in [0.5, 0.6) is 5.75 Å². The third-order valence-corrected chi connectivity index (χ3v) is 3.47. The Labute approximate surface area is 136 Å². The molecule has 0 unspecified atom stereocenters. The highest BCUT2D eigenvalue weighted by Crippen LogP contribution is 2.31. The van der Waals surface area contributed by atoms with Gasteiger partial charge in [-0.15, -0.1) is 0 Å². The minimum atomic E-state index is -4.44. The summed E-state index contributed by atoms with van der Waals surface area (Å²) in [5, 5.41) is 0. The first kappa shape index (κ1) is 15.9. The van der Waals surface area contributed by atoms with E-state index in [1.165, 1.54) is 18.2 Å². The van der Waals surface area contributed by atoms with E-state index < -0.39 is 11.7 Å². The van der Waals surface area contributed by atoms with Crippen molar-refractivity contribution >= 4 is 12.4 Å². The molecule has 0 atom stereocenters. The molecule has 120 valence electrons. The minimum absolute atomic E-state index is 0.0771. The number of rotatable bonds is 1. The molecule has 2 aromatic carbocycles. The summed E-state index contributed by atoms with van der Waals surface area (Å²) in [4.78, 5) is 10.7. The summed E-state index contributed by atoms with van der Waals surface area (Å²) in [6, 6.07) is 10.2. The molecule has 3 rings (SSSR count). The molecule has 0 N–H and O–H groups in total. The number of hydrogen-bond acceptors (Lipinski definition) is 2. The van der Waals surface area contributed by atoms with Gasteiger partial charge in [-0.1, -0.05) is 30.0 Å². The fraction of sp³-hybridized carbons (Fsp3) is 0.105. The van der Waals surface area contributed by atoms with Gasteiger partial charge < -0.3 is 4.74 Å². The maximum atomic E-state index is 12.9. The van der Waals surface area contributed by atoms with Crippen LogP contribution < -0.4 is 4.74 Å². The van der Waals surface area contributed by atoms with Crippen molar-refractivity contribution in [3.63, 3.8) is 0 Å². The number of hydrogen-bond donors (Lipinski definition) is 0. The normalized spacial score (nSPS) is 13.0. The molecule has 2 aromatic rings. The van der Waals surface area contributed by atoms with Crippen LogP contribution in [0.4, 0.5) is 13.2 Å². The molecule has 5 heteroatoms. The molecule has 0 fully saturated rings. The molecule has 1 aliphatic rings. The van der Waals surface area contributed by atoms with Gasteiger partial charge in [0, 0.05) is 22.3 Å². The van der Waals surface area contributed by atoms with Crippen LogP contribution in [0.3, 0.4) is 0 Å². The Morgan fingerprint density at radius 1 is 1.08 bits per heavy atom. The van der Waals surface area contributed by atoms with E-state index >= 15 is 0 Å². The second kappa shape index (κ2) is 6.25. The second-order valence-corrected chi connectivity index (χ2v) is 5.17. The third-order valence-electron chi connectivity index (χ3n) is 3.47. The maximum Gasteiger partial charge on any atom is 0.417 e. The first-order valence-corrected chi connectivity index (χ1v) is 7.08. The van der Waals surface area contributed by atoms with Crippen LogP contribution in [-0.4, -0.2) is 12.9 Å². The molecule has 24 heavy (non-hydrogen) atoms. The van der Waals surface area contributed by atoms with Crippen LogP contribution in [0.25, 0.3) is 6.08 Å². The van der Waals surface area contributed by atoms with Gasteiger partial charge in [-0.05, 0) is 30.3 Å². The molecule has 0 spiro atoms. The predicted octanol–water partition coefficient (Wildman–Crippen LogP) is 4.08. The first-order chi connectivity index (χ1) is 11.5. The Hall–Kier alpha value is -3.00. The first-order valence-electron chi connectivity index (χ1n) is 7.08. The Morgan fingerprint density at radius 3 is 2.62 bits per heavy atom. The standard InChI is InChI=1S/C19H11F3O2/c20-19(21,22)17-4-2-1-3-15(17)7-5-13-6-8-16-9-14(11-23)12-24-18(16)10-13/h1-4,6,8-11H,12H2. The summed E-state index contributed by atoms with van der Waals surface area (Å²) in [6.45, 7) is 0.171. The van der Waals surface area contributed by atoms with Crippen LogP contribution in [0, 0.1) is 11.8 Å². The molecule has 0 bridgehead atoms. The largest absolute Gasteiger partial charge is 0.488 e. The smallest absolute Gasteiger partial charge is 0.417 e. The number of benzene rings is 2. The molecule has 0 amide bonds. The van der Waals surface area contributed by atoms with Crippen molar-refractivity contribution in [1.29, 1.82) is 0 Å². The Bertz CT molecular complexity index is 883. The number of aldehydes is 1. The molecule has 0 radical (unpaired) electrons. The van der Waals surface area contributed by atoms with Gasteiger partial charge in [0.15, 0.2) is 0 Å². The summed E-state index contributed by atoms with van der Waals surface area (Å²) >= 11 is 0. The van der Waals surface area contributed by atoms with Crippen molar-refractivity contribution < 1.29 is 22.7 Å². The highest BCUT2D eigenvalue weighted by atomic mass is 19.4. The second-order valence-electron chi connectivity index (χ2n) is 5.17. The van der Waals surface area contributed by atoms with E-state index in [1.54, 1.807) is 24.3 Å². The van der Waals surface area contributed by atoms with E-state index in [9.17, 15) is 18.0 Å². The summed E-state index contributed by atoms with van der Waals surface area (Å²) in [7, 11) is 0. The molecule has 0 saturated heterocycles. The molecule has 0 aliphatic carbocycles. The van der Waals surface area contributed by atoms with Gasteiger partial charge in [0.25, 0.3) is 0 Å². The highest BCUT2D eigenvalue weighted by Gasteiger charge is 2.32. The maximum absolute atomic E-state index is 12.9. The zero-order valence-corrected chi connectivity index (χ0v) is 12.4. The summed E-state index contributed by atoms with van der Waals surface area (Å²) in [5.74, 6) is 5.85. The zero-order chi connectivity index (χ0) is 17.2. The highest BCUT2D eigenvalue weighted by molar-refractivity contribution is 5.84. The van der Waals surface area contributed by atoms with Crippen LogP contribution >= 0.6 is 0 Å². The quantitative estimate of drug-likeness (QED) is 0.582. The van der Waals surface area contributed by atoms with Gasteiger partial charge in [-0.25, -0.2) is 0 Å². The van der Waals surface area contributed by atoms with Crippen molar-refractivity contribution in [1.82, 2.24) is 0 Å². The van der Waals surface area contributed by atoms with E-state index in [2.05, 4.69) is 11.8 Å². The fourth-order valence-corrected chi connectivity index (χ4v) is 2.31. The van der Waals surface area contributed by atoms with Crippen molar-refractivity contribution in [3.8, 4) is 17.6 Å². The van der Waals surface area contributed by atoms with Crippen molar-refractivity contribution in [2.24, 2.45) is 0 Å². The van der Waals surface area contributed by atoms with Gasteiger partial charge in [-0.3, -0.25) is 4.79 Å². The Morgan fingerprint density at radius 2 is 1.88 bits per heavy atom. The van der Waals surface area contributed by atoms with Crippen LogP contribution in [0.15, 0.2) is 48.0 Å². The van der Waals surface area contributed by atoms with Crippen molar-refractivity contribution in [3.05, 3.63) is 70.3 Å². The number of ether oxygens (including phenoxy) is 1. The third kappa shape index (κ3) is 3.33. The number of carbonyl (C=O) groups excluding carboxylic acids is 1. The fourth-order valence-electron chi connectivity index (χ4n) is 2.31. The van der Waals surface area contributed by atoms with Gasteiger partial charge in [0.1, 0.15) is 18.6 Å². The Kier molecular flexibility index (Phi) is 4.13. The lowest BCUT2D eigenvalue weighted by Gasteiger charge is -2.15. The molecule has 0 aromatic heterocycles. The summed E-state index contributed by atoms with van der Waals surface area (Å²) in [6.07, 6.45) is -2.01. The Balaban J connectivity index is 1.94. The molecular weight excluding hydrogens is 317 g/mol. The summed E-state index contributed by atoms with van der Waals surface area (Å²) < 4.78 is 44.3. The molecule has 0 saturated carbocycles. The van der Waals surface area contributed by atoms with Crippen LogP contribution in [0.2, 0.25) is 0 Å². The van der Waals surface area contributed by atoms with Crippen molar-refractivity contribution in [2.45, 2.75) is 6.18 Å². The van der Waals surface area contributed by atoms with Gasteiger partial charge in [0.2, 0.25) is 0 Å². The van der Waals surface area contributed by atoms with Gasteiger partial charge in [0.05, 0.1) is 5.56 Å². The molecule has 2 nitrogen and oxygen atoms in total. The van der Waals surface area contributed by atoms with E-state index in [0.29, 0.717) is 16.9 Å². The lowest BCUT2D eigenvalue weighted by Crippen LogP contribution is -2.08. The number of halogens is 3. The molecular formula is C19H11F3O2. The SMILES string of the molecule is O=CC1=Cc2ccc(C#Cc3ccccc3C(F)(F)F)cc2OC1. The monoisotopic (exact) mass is 328 g/mol. The van der Waals surface area contributed by atoms with E-state index in [0.717, 1.165) is 17.9 Å². The lowest BCUT2D eigenvalue weighted by molar-refractivity contribution is -0.137. The molecule has 1 heterocycles. The van der Waals surface area contributed by atoms with Gasteiger partial charge in [-0.2, -0.15) is 13.2 Å². The number of alkyl halides is 3. The predicted molar refractivity (Wildman–Crippen MR) is 83.4 cm³/mol. The molecule has 1 aliphatic heterocycles. The number of carbonyl (C=O) groups is 1. The summed E-state index contributed by atoms with van der Waals surface area (Å²) in [5.41, 5.74) is 0.968. The van der Waals surface area contributed by atoms with E-state index in [4.69, 9.17) is 4.74 Å². The lowest BCUT2D eigenvalue weighted by atomic mass is 10.0. The average Bonchev–Trinajstić information content (AvgIpc) is 2.58. The topological polar surface area (TPSA) is 26.3 Å². The average molecular weight is 328 g/mol. The van der Waals surface area contributed by atoms with Gasteiger partial charge >= 0.3 is 6.18 Å². The number of fused-ring (bicyclic) bond motifs is 1. The van der Waals surface area contributed by atoms with Crippen LogP contribution in [-0.2, 0) is 11.0 Å². The van der Waals surface area contributed by atoms with E-state index in [1.807, 2.05) is 0 Å². The minimum Gasteiger partial charge on any atom is -0.488 e. The van der Waals surface area contributed by atoms with Crippen LogP contribution in [0.1, 0.15) is 22.3 Å². The zero-order valence-electron chi connectivity index (χ0n) is 12.4. The van der Waals surface area contributed by atoms with E-state index in [-0.39, 0.29) is 12.2 Å².